The maximum absolute atomic E-state index is 11.3. The molecule has 7 aromatic carbocycles. The molecule has 0 heterocycles. The number of ketones is 3. The first kappa shape index (κ1) is 89.7. The van der Waals surface area contributed by atoms with Gasteiger partial charge in [-0.1, -0.05) is 102 Å². The molecule has 0 atom stereocenters. The van der Waals surface area contributed by atoms with E-state index in [-0.39, 0.29) is 39.6 Å². The van der Waals surface area contributed by atoms with E-state index in [0.717, 1.165) is 113 Å². The first-order chi connectivity index (χ1) is 46.8. The van der Waals surface area contributed by atoms with E-state index >= 15 is 0 Å². The molecule has 14 nitrogen and oxygen atoms in total. The number of esters is 3. The number of aryl methyl sites for hydroxylation is 7. The number of rotatable bonds is 25. The number of aromatic carboxylic acids is 1. The summed E-state index contributed by atoms with van der Waals surface area (Å²) in [5.41, 5.74) is 14.9. The van der Waals surface area contributed by atoms with Gasteiger partial charge in [0.1, 0.15) is 17.2 Å². The standard InChI is InChI=1S/C20H18.C19H18O2.3C15H18O4.3CH4/c1-15-9-11-17(3)19(13-15)7-5-6-8-20-14-16(2)10-12-18(20)4;1-12-5-6-14(3)16(9-12)7-8-17-10-13(2)11-18(15(17)4)19(20)21;3*1-3-15(17)19-11-5-4-10-18-14-8-6-13(7-9-14)12(2)16;;;/h9-14H,1-4H3;5-6,9-11H,1-4H3,(H,20,21);3*3,6-9H,1,4-5,10-11H2,2H3;3*1H4. The third-order valence-electron chi connectivity index (χ3n) is 14.2. The van der Waals surface area contributed by atoms with Crippen molar-refractivity contribution in [3.63, 3.8) is 0 Å². The van der Waals surface area contributed by atoms with Gasteiger partial charge >= 0.3 is 23.9 Å². The van der Waals surface area contributed by atoms with Gasteiger partial charge in [0, 0.05) is 57.2 Å². The summed E-state index contributed by atoms with van der Waals surface area (Å²) >= 11 is 0. The zero-order valence-electron chi connectivity index (χ0n) is 58.4. The highest BCUT2D eigenvalue weighted by atomic mass is 16.5. The van der Waals surface area contributed by atoms with Crippen molar-refractivity contribution in [3.05, 3.63) is 267 Å². The summed E-state index contributed by atoms with van der Waals surface area (Å²) in [5.74, 6) is 18.6. The lowest BCUT2D eigenvalue weighted by molar-refractivity contribution is -0.138. The Hall–Kier alpha value is -11.3. The van der Waals surface area contributed by atoms with Gasteiger partial charge in [0.05, 0.1) is 45.2 Å². The third kappa shape index (κ3) is 36.8. The molecule has 14 heteroatoms. The molecule has 0 aromatic heterocycles. The van der Waals surface area contributed by atoms with Gasteiger partial charge in [0.2, 0.25) is 0 Å². The minimum absolute atomic E-state index is 0. The highest BCUT2D eigenvalue weighted by Gasteiger charge is 2.11. The monoisotopic (exact) mass is 1370 g/mol. The predicted octanol–water partition coefficient (Wildman–Crippen LogP) is 18.6. The van der Waals surface area contributed by atoms with Crippen LogP contribution < -0.4 is 14.2 Å². The number of ether oxygens (including phenoxy) is 6. The number of benzene rings is 7. The smallest absolute Gasteiger partial charge is 0.336 e. The molecule has 7 aromatic rings. The average molecular weight is 1370 g/mol. The van der Waals surface area contributed by atoms with Crippen molar-refractivity contribution >= 4 is 41.2 Å². The van der Waals surface area contributed by atoms with E-state index in [0.29, 0.717) is 67.5 Å². The minimum Gasteiger partial charge on any atom is -0.494 e. The molecule has 1 N–H and O–H groups in total. The fraction of sp³-hybridized carbons (Fsp3) is 0.299. The van der Waals surface area contributed by atoms with Gasteiger partial charge in [-0.3, -0.25) is 14.4 Å². The number of carboxylic acids is 1. The summed E-state index contributed by atoms with van der Waals surface area (Å²) < 4.78 is 31.0. The number of hydrogen-bond donors (Lipinski definition) is 1. The largest absolute Gasteiger partial charge is 0.494 e. The van der Waals surface area contributed by atoms with Gasteiger partial charge in [0.25, 0.3) is 0 Å². The number of carbonyl (C=O) groups is 7. The topological polar surface area (TPSA) is 195 Å². The van der Waals surface area contributed by atoms with E-state index in [4.69, 9.17) is 28.4 Å². The summed E-state index contributed by atoms with van der Waals surface area (Å²) in [7, 11) is 0. The van der Waals surface area contributed by atoms with Gasteiger partial charge in [-0.05, 0) is 274 Å². The van der Waals surface area contributed by atoms with E-state index < -0.39 is 23.9 Å². The van der Waals surface area contributed by atoms with E-state index in [9.17, 15) is 38.7 Å². The van der Waals surface area contributed by atoms with Crippen LogP contribution in [0.25, 0.3) is 0 Å². The van der Waals surface area contributed by atoms with Crippen LogP contribution in [-0.4, -0.2) is 86.0 Å². The van der Waals surface area contributed by atoms with Gasteiger partial charge in [0.15, 0.2) is 17.3 Å². The second kappa shape index (κ2) is 50.1. The van der Waals surface area contributed by atoms with Crippen molar-refractivity contribution in [1.82, 2.24) is 0 Å². The number of carboxylic acid groups (broad SMARTS) is 1. The Morgan fingerprint density at radius 2 is 0.624 bits per heavy atom. The van der Waals surface area contributed by atoms with Crippen LogP contribution >= 0.6 is 0 Å². The molecular formula is C87H102O14. The average Bonchev–Trinajstić information content (AvgIpc) is 0.830. The summed E-state index contributed by atoms with van der Waals surface area (Å²) in [6, 6.07) is 43.4. The number of Topliss-reactive ketones (excluding diaryl/α,β-unsaturated/α-hetero) is 3. The Labute approximate surface area is 601 Å². The fourth-order valence-corrected chi connectivity index (χ4v) is 8.39. The summed E-state index contributed by atoms with van der Waals surface area (Å²) in [5, 5.41) is 9.23. The molecule has 0 aliphatic carbocycles. The lowest BCUT2D eigenvalue weighted by Gasteiger charge is -2.06. The van der Waals surface area contributed by atoms with E-state index in [1.807, 2.05) is 39.0 Å². The Morgan fingerprint density at radius 3 is 0.901 bits per heavy atom. The van der Waals surface area contributed by atoms with Gasteiger partial charge in [-0.15, -0.1) is 0 Å². The Balaban J connectivity index is 0.00000123. The van der Waals surface area contributed by atoms with Crippen molar-refractivity contribution < 1.29 is 67.1 Å². The highest BCUT2D eigenvalue weighted by Crippen LogP contribution is 2.19. The quantitative estimate of drug-likeness (QED) is 0.0142. The molecule has 0 spiro atoms. The molecule has 101 heavy (non-hydrogen) atoms. The molecule has 534 valence electrons. The van der Waals surface area contributed by atoms with Gasteiger partial charge in [-0.2, -0.15) is 0 Å². The lowest BCUT2D eigenvalue weighted by atomic mass is 9.98. The van der Waals surface area contributed by atoms with Gasteiger partial charge in [-0.25, -0.2) is 19.2 Å². The van der Waals surface area contributed by atoms with Crippen molar-refractivity contribution in [2.75, 3.05) is 39.6 Å². The van der Waals surface area contributed by atoms with Crippen molar-refractivity contribution in [2.45, 2.75) is 137 Å². The Morgan fingerprint density at radius 1 is 0.356 bits per heavy atom. The molecule has 7 rings (SSSR count). The second-order valence-corrected chi connectivity index (χ2v) is 22.5. The molecule has 0 saturated carbocycles. The van der Waals surface area contributed by atoms with E-state index in [1.165, 1.54) is 43.0 Å². The van der Waals surface area contributed by atoms with Crippen molar-refractivity contribution in [3.8, 4) is 52.8 Å². The fourth-order valence-electron chi connectivity index (χ4n) is 8.39. The first-order valence-electron chi connectivity index (χ1n) is 32.0. The lowest BCUT2D eigenvalue weighted by Crippen LogP contribution is -2.04. The predicted molar refractivity (Wildman–Crippen MR) is 408 cm³/mol. The molecular weight excluding hydrogens is 1270 g/mol. The van der Waals surface area contributed by atoms with Crippen LogP contribution in [0.5, 0.6) is 17.2 Å². The zero-order chi connectivity index (χ0) is 72.4. The van der Waals surface area contributed by atoms with Crippen LogP contribution in [0, 0.1) is 90.9 Å². The summed E-state index contributed by atoms with van der Waals surface area (Å²) in [6.07, 6.45) is 8.03. The molecule has 0 unspecified atom stereocenters. The summed E-state index contributed by atoms with van der Waals surface area (Å²) in [6.45, 7) is 33.3. The van der Waals surface area contributed by atoms with Crippen LogP contribution in [0.3, 0.4) is 0 Å². The maximum Gasteiger partial charge on any atom is 0.336 e. The Bertz CT molecular complexity index is 3770. The van der Waals surface area contributed by atoms with E-state index in [2.05, 4.69) is 125 Å². The first-order valence-corrected chi connectivity index (χ1v) is 32.0. The van der Waals surface area contributed by atoms with E-state index in [1.54, 1.807) is 85.8 Å². The molecule has 0 radical (unpaired) electrons. The minimum atomic E-state index is -0.911. The molecule has 0 amide bonds. The highest BCUT2D eigenvalue weighted by molar-refractivity contribution is 5.95. The zero-order valence-corrected chi connectivity index (χ0v) is 58.4. The van der Waals surface area contributed by atoms with Crippen LogP contribution in [0.1, 0.15) is 190 Å². The molecule has 0 aliphatic heterocycles. The number of hydrogen-bond acceptors (Lipinski definition) is 13. The van der Waals surface area contributed by atoms with Gasteiger partial charge < -0.3 is 33.5 Å². The molecule has 0 aliphatic rings. The normalized spacial score (nSPS) is 9.38. The molecule has 0 saturated heterocycles. The van der Waals surface area contributed by atoms with Crippen LogP contribution in [-0.2, 0) is 28.6 Å². The molecule has 0 fully saturated rings. The summed E-state index contributed by atoms with van der Waals surface area (Å²) in [4.78, 5) is 76.8. The maximum atomic E-state index is 11.3. The third-order valence-corrected chi connectivity index (χ3v) is 14.2. The van der Waals surface area contributed by atoms with Crippen molar-refractivity contribution in [2.24, 2.45) is 0 Å². The second-order valence-electron chi connectivity index (χ2n) is 22.5. The number of unbranched alkanes of at least 4 members (excludes halogenated alkanes) is 3. The number of carbonyl (C=O) groups excluding carboxylic acids is 6. The van der Waals surface area contributed by atoms with Crippen molar-refractivity contribution in [1.29, 1.82) is 0 Å². The van der Waals surface area contributed by atoms with Crippen LogP contribution in [0.2, 0.25) is 0 Å². The molecule has 0 bridgehead atoms. The van der Waals surface area contributed by atoms with Crippen LogP contribution in [0.15, 0.2) is 177 Å². The van der Waals surface area contributed by atoms with Crippen LogP contribution in [0.4, 0.5) is 0 Å². The Kier molecular flexibility index (Phi) is 44.5. The SMILES string of the molecule is C.C.C.C=CC(=O)OCCCCOc1ccc(C(C)=O)cc1.C=CC(=O)OCCCCOc1ccc(C(C)=O)cc1.C=CC(=O)OCCCCOc1ccc(C(C)=O)cc1.Cc1ccc(C)c(C#CC#Cc2cc(C)ccc2C)c1.Cc1ccc(C)c(C#Cc2cc(C)cc(C(=O)O)c2C)c1.